The van der Waals surface area contributed by atoms with E-state index in [0.29, 0.717) is 6.54 Å². The van der Waals surface area contributed by atoms with E-state index in [-0.39, 0.29) is 6.54 Å². The van der Waals surface area contributed by atoms with Crippen LogP contribution in [0.25, 0.3) is 0 Å². The van der Waals surface area contributed by atoms with Crippen LogP contribution >= 0.6 is 0 Å². The van der Waals surface area contributed by atoms with Crippen molar-refractivity contribution in [3.05, 3.63) is 30.1 Å². The fraction of sp³-hybridized carbons (Fsp3) is 0.444. The van der Waals surface area contributed by atoms with E-state index < -0.39 is 5.92 Å². The minimum atomic E-state index is -2.66. The first-order chi connectivity index (χ1) is 6.08. The van der Waals surface area contributed by atoms with Crippen molar-refractivity contribution in [3.63, 3.8) is 0 Å². The van der Waals surface area contributed by atoms with Gasteiger partial charge in [-0.05, 0) is 12.1 Å². The lowest BCUT2D eigenvalue weighted by atomic mass is 10.3. The normalized spacial score (nSPS) is 11.6. The summed E-state index contributed by atoms with van der Waals surface area (Å²) in [6.07, 6.45) is 1.64. The molecule has 1 N–H and O–H groups in total. The van der Waals surface area contributed by atoms with Crippen molar-refractivity contribution in [2.45, 2.75) is 19.4 Å². The lowest BCUT2D eigenvalue weighted by Crippen LogP contribution is -2.29. The van der Waals surface area contributed by atoms with Gasteiger partial charge < -0.3 is 5.32 Å². The number of aromatic nitrogens is 1. The van der Waals surface area contributed by atoms with Crippen molar-refractivity contribution in [3.8, 4) is 0 Å². The Bertz CT molecular complexity index is 244. The van der Waals surface area contributed by atoms with Crippen molar-refractivity contribution in [2.24, 2.45) is 0 Å². The van der Waals surface area contributed by atoms with Crippen LogP contribution in [0.1, 0.15) is 12.6 Å². The van der Waals surface area contributed by atoms with Gasteiger partial charge in [0.05, 0.1) is 12.2 Å². The third kappa shape index (κ3) is 4.52. The van der Waals surface area contributed by atoms with Gasteiger partial charge in [-0.2, -0.15) is 0 Å². The van der Waals surface area contributed by atoms with Gasteiger partial charge in [0.15, 0.2) is 0 Å². The first-order valence-electron chi connectivity index (χ1n) is 4.06. The Morgan fingerprint density at radius 2 is 2.23 bits per heavy atom. The molecule has 0 saturated heterocycles. The molecule has 4 heteroatoms. The molecule has 0 aliphatic rings. The van der Waals surface area contributed by atoms with Crippen LogP contribution in [0.4, 0.5) is 8.78 Å². The quantitative estimate of drug-likeness (QED) is 0.775. The van der Waals surface area contributed by atoms with Gasteiger partial charge >= 0.3 is 0 Å². The van der Waals surface area contributed by atoms with Gasteiger partial charge in [0, 0.05) is 19.7 Å². The molecule has 1 aromatic heterocycles. The summed E-state index contributed by atoms with van der Waals surface area (Å²) < 4.78 is 24.7. The Balaban J connectivity index is 2.29. The number of hydrogen-bond donors (Lipinski definition) is 1. The molecule has 2 nitrogen and oxygen atoms in total. The van der Waals surface area contributed by atoms with E-state index in [1.165, 1.54) is 0 Å². The maximum Gasteiger partial charge on any atom is 0.257 e. The molecule has 0 fully saturated rings. The Morgan fingerprint density at radius 1 is 1.46 bits per heavy atom. The highest BCUT2D eigenvalue weighted by molar-refractivity contribution is 5.02. The summed E-state index contributed by atoms with van der Waals surface area (Å²) in [5.41, 5.74) is 0.770. The Kier molecular flexibility index (Phi) is 3.31. The molecule has 0 aliphatic heterocycles. The second kappa shape index (κ2) is 4.28. The average Bonchev–Trinajstić information content (AvgIpc) is 2.04. The van der Waals surface area contributed by atoms with E-state index >= 15 is 0 Å². The van der Waals surface area contributed by atoms with Crippen LogP contribution in [-0.2, 0) is 6.54 Å². The van der Waals surface area contributed by atoms with E-state index in [9.17, 15) is 8.78 Å². The molecule has 0 bridgehead atoms. The highest BCUT2D eigenvalue weighted by atomic mass is 19.3. The Hall–Kier alpha value is -1.03. The summed E-state index contributed by atoms with van der Waals surface area (Å²) in [7, 11) is 0. The monoisotopic (exact) mass is 186 g/mol. The molecule has 1 aromatic rings. The largest absolute Gasteiger partial charge is 0.306 e. The summed E-state index contributed by atoms with van der Waals surface area (Å²) in [6.45, 7) is 0.951. The zero-order chi connectivity index (χ0) is 9.73. The van der Waals surface area contributed by atoms with Crippen LogP contribution in [0.3, 0.4) is 0 Å². The predicted molar refractivity (Wildman–Crippen MR) is 46.6 cm³/mol. The maximum atomic E-state index is 12.3. The Morgan fingerprint density at radius 3 is 2.77 bits per heavy atom. The summed E-state index contributed by atoms with van der Waals surface area (Å²) in [5.74, 6) is -2.66. The molecule has 0 radical (unpaired) electrons. The molecule has 0 aliphatic carbocycles. The van der Waals surface area contributed by atoms with E-state index in [0.717, 1.165) is 12.6 Å². The second-order valence-corrected chi connectivity index (χ2v) is 2.99. The van der Waals surface area contributed by atoms with Crippen LogP contribution < -0.4 is 5.32 Å². The first kappa shape index (κ1) is 10.1. The van der Waals surface area contributed by atoms with Crippen LogP contribution in [-0.4, -0.2) is 17.5 Å². The van der Waals surface area contributed by atoms with E-state index in [1.54, 1.807) is 18.3 Å². The standard InChI is InChI=1S/C9H12F2N2/c1-9(10,11)7-12-6-8-4-2-3-5-13-8/h2-5,12H,6-7H2,1H3. The molecule has 1 heterocycles. The molecule has 13 heavy (non-hydrogen) atoms. The third-order valence-electron chi connectivity index (χ3n) is 1.47. The topological polar surface area (TPSA) is 24.9 Å². The van der Waals surface area contributed by atoms with Gasteiger partial charge in [-0.1, -0.05) is 6.07 Å². The van der Waals surface area contributed by atoms with Gasteiger partial charge in [0.25, 0.3) is 5.92 Å². The van der Waals surface area contributed by atoms with E-state index in [4.69, 9.17) is 0 Å². The van der Waals surface area contributed by atoms with Crippen molar-refractivity contribution < 1.29 is 8.78 Å². The maximum absolute atomic E-state index is 12.3. The number of halogens is 2. The fourth-order valence-electron chi connectivity index (χ4n) is 0.913. The minimum Gasteiger partial charge on any atom is -0.306 e. The molecular weight excluding hydrogens is 174 g/mol. The number of rotatable bonds is 4. The van der Waals surface area contributed by atoms with Crippen molar-refractivity contribution in [1.29, 1.82) is 0 Å². The molecule has 1 rings (SSSR count). The van der Waals surface area contributed by atoms with Crippen LogP contribution in [0, 0.1) is 0 Å². The SMILES string of the molecule is CC(F)(F)CNCc1ccccn1. The first-order valence-corrected chi connectivity index (χ1v) is 4.06. The van der Waals surface area contributed by atoms with E-state index in [2.05, 4.69) is 10.3 Å². The molecule has 0 saturated carbocycles. The summed E-state index contributed by atoms with van der Waals surface area (Å²) in [4.78, 5) is 3.99. The van der Waals surface area contributed by atoms with Crippen molar-refractivity contribution >= 4 is 0 Å². The lowest BCUT2D eigenvalue weighted by molar-refractivity contribution is 0.0223. The van der Waals surface area contributed by atoms with Gasteiger partial charge in [0.2, 0.25) is 0 Å². The molecule has 0 aromatic carbocycles. The van der Waals surface area contributed by atoms with E-state index in [1.807, 2.05) is 6.07 Å². The lowest BCUT2D eigenvalue weighted by Gasteiger charge is -2.10. The summed E-state index contributed by atoms with van der Waals surface area (Å²) in [5, 5.41) is 2.63. The van der Waals surface area contributed by atoms with Crippen molar-refractivity contribution in [2.75, 3.05) is 6.54 Å². The van der Waals surface area contributed by atoms with Gasteiger partial charge in [-0.15, -0.1) is 0 Å². The highest BCUT2D eigenvalue weighted by Gasteiger charge is 2.19. The second-order valence-electron chi connectivity index (χ2n) is 2.99. The molecular formula is C9H12F2N2. The van der Waals surface area contributed by atoms with Crippen LogP contribution in [0.2, 0.25) is 0 Å². The number of hydrogen-bond acceptors (Lipinski definition) is 2. The Labute approximate surface area is 76.0 Å². The molecule has 0 amide bonds. The molecule has 0 spiro atoms. The summed E-state index contributed by atoms with van der Waals surface area (Å²) >= 11 is 0. The highest BCUT2D eigenvalue weighted by Crippen LogP contribution is 2.08. The number of nitrogens with one attached hydrogen (secondary N) is 1. The van der Waals surface area contributed by atoms with Gasteiger partial charge in [-0.3, -0.25) is 4.98 Å². The molecule has 72 valence electrons. The number of alkyl halides is 2. The predicted octanol–water partition coefficient (Wildman–Crippen LogP) is 1.83. The molecule has 0 atom stereocenters. The fourth-order valence-corrected chi connectivity index (χ4v) is 0.913. The zero-order valence-electron chi connectivity index (χ0n) is 7.43. The van der Waals surface area contributed by atoms with Crippen LogP contribution in [0.15, 0.2) is 24.4 Å². The van der Waals surface area contributed by atoms with Gasteiger partial charge in [0.1, 0.15) is 0 Å². The average molecular weight is 186 g/mol. The minimum absolute atomic E-state index is 0.316. The number of pyridine rings is 1. The third-order valence-corrected chi connectivity index (χ3v) is 1.47. The van der Waals surface area contributed by atoms with Crippen molar-refractivity contribution in [1.82, 2.24) is 10.3 Å². The number of nitrogens with zero attached hydrogens (tertiary/aromatic N) is 1. The summed E-state index contributed by atoms with van der Waals surface area (Å²) in [6, 6.07) is 5.41. The molecule has 0 unspecified atom stereocenters. The van der Waals surface area contributed by atoms with Crippen LogP contribution in [0.5, 0.6) is 0 Å². The smallest absolute Gasteiger partial charge is 0.257 e. The van der Waals surface area contributed by atoms with Gasteiger partial charge in [-0.25, -0.2) is 8.78 Å². The zero-order valence-corrected chi connectivity index (χ0v) is 7.43.